The number of aromatic nitrogens is 3. The van der Waals surface area contributed by atoms with Crippen LogP contribution in [0.4, 0.5) is 5.82 Å². The summed E-state index contributed by atoms with van der Waals surface area (Å²) in [5.41, 5.74) is 2.99. The molecule has 2 aromatic carbocycles. The predicted octanol–water partition coefficient (Wildman–Crippen LogP) is 4.56. The number of methoxy groups -OCH3 is 1. The Hall–Kier alpha value is -3.12. The first kappa shape index (κ1) is 16.4. The van der Waals surface area contributed by atoms with Crippen LogP contribution in [0.5, 0.6) is 5.75 Å². The third-order valence-corrected chi connectivity index (χ3v) is 4.28. The molecular weight excluding hydrogens is 352 g/mol. The van der Waals surface area contributed by atoms with E-state index in [2.05, 4.69) is 20.4 Å². The smallest absolute Gasteiger partial charge is 0.263 e. The van der Waals surface area contributed by atoms with E-state index in [1.165, 1.54) is 6.33 Å². The van der Waals surface area contributed by atoms with E-state index in [9.17, 15) is 0 Å². The molecule has 1 N–H and O–H groups in total. The second kappa shape index (κ2) is 7.01. The van der Waals surface area contributed by atoms with Gasteiger partial charge in [-0.05, 0) is 18.2 Å². The highest BCUT2D eigenvalue weighted by molar-refractivity contribution is 6.30. The zero-order valence-electron chi connectivity index (χ0n) is 13.9. The molecule has 4 rings (SSSR count). The van der Waals surface area contributed by atoms with Gasteiger partial charge in [-0.25, -0.2) is 4.98 Å². The van der Waals surface area contributed by atoms with Crippen molar-refractivity contribution in [1.82, 2.24) is 15.1 Å². The average molecular weight is 367 g/mol. The average Bonchev–Trinajstić information content (AvgIpc) is 3.12. The standard InChI is InChI=1S/C19H15ClN4O2/c1-25-15-5-3-2-4-13(15)10-21-18-16-17(12-6-8-14(20)9-7-12)24-26-19(16)23-11-22-18/h2-9,11H,10H2,1H3,(H,21,22,23). The van der Waals surface area contributed by atoms with Gasteiger partial charge in [-0.15, -0.1) is 0 Å². The Balaban J connectivity index is 1.71. The lowest BCUT2D eigenvalue weighted by molar-refractivity contribution is 0.410. The van der Waals surface area contributed by atoms with Gasteiger partial charge < -0.3 is 14.6 Å². The van der Waals surface area contributed by atoms with Crippen LogP contribution in [0.1, 0.15) is 5.56 Å². The van der Waals surface area contributed by atoms with Crippen LogP contribution in [0.25, 0.3) is 22.4 Å². The molecule has 0 aliphatic rings. The third-order valence-electron chi connectivity index (χ3n) is 4.03. The molecule has 130 valence electrons. The maximum absolute atomic E-state index is 5.98. The topological polar surface area (TPSA) is 73.1 Å². The molecule has 7 heteroatoms. The molecule has 0 fully saturated rings. The Morgan fingerprint density at radius 3 is 2.69 bits per heavy atom. The number of para-hydroxylation sites is 1. The van der Waals surface area contributed by atoms with Gasteiger partial charge in [0.05, 0.1) is 7.11 Å². The number of nitrogens with zero attached hydrogens (tertiary/aromatic N) is 3. The van der Waals surface area contributed by atoms with Crippen LogP contribution in [0.2, 0.25) is 5.02 Å². The summed E-state index contributed by atoms with van der Waals surface area (Å²) in [6.07, 6.45) is 1.45. The molecule has 0 amide bonds. The molecule has 0 radical (unpaired) electrons. The summed E-state index contributed by atoms with van der Waals surface area (Å²) < 4.78 is 10.8. The summed E-state index contributed by atoms with van der Waals surface area (Å²) in [6, 6.07) is 15.2. The van der Waals surface area contributed by atoms with E-state index in [1.807, 2.05) is 48.5 Å². The summed E-state index contributed by atoms with van der Waals surface area (Å²) in [5.74, 6) is 1.46. The maximum atomic E-state index is 5.98. The van der Waals surface area contributed by atoms with Crippen molar-refractivity contribution in [3.8, 4) is 17.0 Å². The van der Waals surface area contributed by atoms with Gasteiger partial charge in [-0.2, -0.15) is 4.98 Å². The highest BCUT2D eigenvalue weighted by Gasteiger charge is 2.17. The maximum Gasteiger partial charge on any atom is 0.263 e. The number of anilines is 1. The zero-order valence-corrected chi connectivity index (χ0v) is 14.7. The first-order valence-electron chi connectivity index (χ1n) is 7.98. The molecule has 26 heavy (non-hydrogen) atoms. The number of benzene rings is 2. The molecule has 0 spiro atoms. The molecular formula is C19H15ClN4O2. The number of ether oxygens (including phenoxy) is 1. The molecule has 0 saturated carbocycles. The minimum Gasteiger partial charge on any atom is -0.496 e. The number of fused-ring (bicyclic) bond motifs is 1. The molecule has 2 aromatic heterocycles. The van der Waals surface area contributed by atoms with Gasteiger partial charge in [-0.1, -0.05) is 47.1 Å². The lowest BCUT2D eigenvalue weighted by Gasteiger charge is -2.10. The highest BCUT2D eigenvalue weighted by Crippen LogP contribution is 2.32. The van der Waals surface area contributed by atoms with Crippen molar-refractivity contribution in [3.05, 3.63) is 65.4 Å². The normalized spacial score (nSPS) is 10.8. The van der Waals surface area contributed by atoms with Gasteiger partial charge in [-0.3, -0.25) is 0 Å². The van der Waals surface area contributed by atoms with Crippen LogP contribution in [-0.2, 0) is 6.54 Å². The Labute approximate surface area is 154 Å². The van der Waals surface area contributed by atoms with Crippen LogP contribution < -0.4 is 10.1 Å². The quantitative estimate of drug-likeness (QED) is 0.558. The summed E-state index contributed by atoms with van der Waals surface area (Å²) >= 11 is 5.98. The third kappa shape index (κ3) is 3.07. The second-order valence-electron chi connectivity index (χ2n) is 5.61. The molecule has 0 aliphatic heterocycles. The predicted molar refractivity (Wildman–Crippen MR) is 100 cm³/mol. The van der Waals surface area contributed by atoms with Crippen molar-refractivity contribution >= 4 is 28.5 Å². The van der Waals surface area contributed by atoms with E-state index in [0.717, 1.165) is 22.3 Å². The summed E-state index contributed by atoms with van der Waals surface area (Å²) in [6.45, 7) is 0.543. The van der Waals surface area contributed by atoms with Crippen LogP contribution >= 0.6 is 11.6 Å². The first-order chi connectivity index (χ1) is 12.8. The van der Waals surface area contributed by atoms with Gasteiger partial charge in [0, 0.05) is 22.7 Å². The van der Waals surface area contributed by atoms with Crippen LogP contribution in [0.3, 0.4) is 0 Å². The van der Waals surface area contributed by atoms with E-state index in [0.29, 0.717) is 28.8 Å². The molecule has 0 unspecified atom stereocenters. The molecule has 0 bridgehead atoms. The molecule has 2 heterocycles. The Morgan fingerprint density at radius 1 is 1.08 bits per heavy atom. The summed E-state index contributed by atoms with van der Waals surface area (Å²) in [7, 11) is 1.65. The summed E-state index contributed by atoms with van der Waals surface area (Å²) in [4.78, 5) is 8.53. The van der Waals surface area contributed by atoms with E-state index in [-0.39, 0.29) is 0 Å². The largest absolute Gasteiger partial charge is 0.496 e. The van der Waals surface area contributed by atoms with Gasteiger partial charge in [0.2, 0.25) is 0 Å². The van der Waals surface area contributed by atoms with E-state index >= 15 is 0 Å². The Bertz CT molecular complexity index is 1050. The molecule has 0 atom stereocenters. The van der Waals surface area contributed by atoms with Crippen LogP contribution in [0.15, 0.2) is 59.4 Å². The van der Waals surface area contributed by atoms with E-state index in [1.54, 1.807) is 7.11 Å². The van der Waals surface area contributed by atoms with Crippen molar-refractivity contribution in [2.45, 2.75) is 6.54 Å². The van der Waals surface area contributed by atoms with E-state index < -0.39 is 0 Å². The van der Waals surface area contributed by atoms with Crippen molar-refractivity contribution < 1.29 is 9.26 Å². The Kier molecular flexibility index (Phi) is 4.41. The number of hydrogen-bond acceptors (Lipinski definition) is 6. The lowest BCUT2D eigenvalue weighted by Crippen LogP contribution is -2.04. The number of halogens is 1. The SMILES string of the molecule is COc1ccccc1CNc1ncnc2onc(-c3ccc(Cl)cc3)c12. The van der Waals surface area contributed by atoms with Gasteiger partial charge in [0.25, 0.3) is 5.71 Å². The van der Waals surface area contributed by atoms with E-state index in [4.69, 9.17) is 20.9 Å². The fraction of sp³-hybridized carbons (Fsp3) is 0.105. The number of hydrogen-bond donors (Lipinski definition) is 1. The summed E-state index contributed by atoms with van der Waals surface area (Å²) in [5, 5.41) is 8.87. The van der Waals surface area contributed by atoms with Crippen molar-refractivity contribution in [2.24, 2.45) is 0 Å². The van der Waals surface area contributed by atoms with Crippen molar-refractivity contribution in [2.75, 3.05) is 12.4 Å². The molecule has 4 aromatic rings. The molecule has 0 saturated heterocycles. The number of rotatable bonds is 5. The van der Waals surface area contributed by atoms with Crippen LogP contribution in [-0.4, -0.2) is 22.2 Å². The van der Waals surface area contributed by atoms with Crippen LogP contribution in [0, 0.1) is 0 Å². The van der Waals surface area contributed by atoms with Gasteiger partial charge in [0.1, 0.15) is 29.0 Å². The van der Waals surface area contributed by atoms with Crippen molar-refractivity contribution in [1.29, 1.82) is 0 Å². The minimum atomic E-state index is 0.424. The molecule has 6 nitrogen and oxygen atoms in total. The van der Waals surface area contributed by atoms with Gasteiger partial charge >= 0.3 is 0 Å². The molecule has 0 aliphatic carbocycles. The fourth-order valence-corrected chi connectivity index (χ4v) is 2.88. The lowest BCUT2D eigenvalue weighted by atomic mass is 10.1. The minimum absolute atomic E-state index is 0.424. The first-order valence-corrected chi connectivity index (χ1v) is 8.36. The zero-order chi connectivity index (χ0) is 17.9. The second-order valence-corrected chi connectivity index (χ2v) is 6.04. The van der Waals surface area contributed by atoms with Gasteiger partial charge in [0.15, 0.2) is 0 Å². The Morgan fingerprint density at radius 2 is 1.88 bits per heavy atom. The monoisotopic (exact) mass is 366 g/mol. The number of nitrogens with one attached hydrogen (secondary N) is 1. The fourth-order valence-electron chi connectivity index (χ4n) is 2.75. The van der Waals surface area contributed by atoms with Crippen molar-refractivity contribution in [3.63, 3.8) is 0 Å². The highest BCUT2D eigenvalue weighted by atomic mass is 35.5.